The number of rotatable bonds is 6. The van der Waals surface area contributed by atoms with Crippen LogP contribution >= 0.6 is 0 Å². The monoisotopic (exact) mass is 307 g/mol. The summed E-state index contributed by atoms with van der Waals surface area (Å²) in [6.45, 7) is 9.26. The number of ether oxygens (including phenoxy) is 1. The van der Waals surface area contributed by atoms with Crippen LogP contribution in [-0.4, -0.2) is 23.5 Å². The largest absolute Gasteiger partial charge is 0.458 e. The Balaban J connectivity index is 0.00000484. The van der Waals surface area contributed by atoms with E-state index in [0.717, 1.165) is 12.0 Å². The van der Waals surface area contributed by atoms with Crippen LogP contribution in [0.3, 0.4) is 0 Å². The molecule has 0 fully saturated rings. The van der Waals surface area contributed by atoms with Crippen LogP contribution in [-0.2, 0) is 20.7 Å². The zero-order valence-electron chi connectivity index (χ0n) is 14.2. The maximum atomic E-state index is 12.4. The van der Waals surface area contributed by atoms with Crippen LogP contribution in [0.15, 0.2) is 30.3 Å². The van der Waals surface area contributed by atoms with E-state index >= 15 is 0 Å². The maximum absolute atomic E-state index is 12.4. The van der Waals surface area contributed by atoms with Crippen molar-refractivity contribution in [2.24, 2.45) is 5.92 Å². The number of carbonyl (C=O) groups is 2. The Bertz CT molecular complexity index is 497. The molecule has 2 atom stereocenters. The Kier molecular flexibility index (Phi) is 6.60. The smallest absolute Gasteiger partial charge is 0.329 e. The van der Waals surface area contributed by atoms with E-state index in [4.69, 9.17) is 4.74 Å². The first-order valence-electron chi connectivity index (χ1n) is 7.80. The molecule has 1 rings (SSSR count). The molecule has 4 heteroatoms. The highest BCUT2D eigenvalue weighted by atomic mass is 16.6. The quantitative estimate of drug-likeness (QED) is 0.820. The minimum Gasteiger partial charge on any atom is -0.458 e. The van der Waals surface area contributed by atoms with Gasteiger partial charge in [-0.15, -0.1) is 0 Å². The van der Waals surface area contributed by atoms with E-state index in [-0.39, 0.29) is 13.3 Å². The topological polar surface area (TPSA) is 55.4 Å². The molecule has 0 aliphatic carbocycles. The molecule has 0 saturated carbocycles. The van der Waals surface area contributed by atoms with Crippen LogP contribution in [0.2, 0.25) is 0 Å². The SMILES string of the molecule is CCC(C)C(=O)N[C@@H](Cc1ccccc1)C(=O)OC(C)(C)C.[HH]. The molecule has 124 valence electrons. The number of benzene rings is 1. The molecule has 0 aromatic heterocycles. The highest BCUT2D eigenvalue weighted by Crippen LogP contribution is 2.12. The molecule has 1 N–H and O–H groups in total. The van der Waals surface area contributed by atoms with Gasteiger partial charge in [-0.3, -0.25) is 4.79 Å². The second kappa shape index (κ2) is 7.97. The van der Waals surface area contributed by atoms with Crippen molar-refractivity contribution in [1.29, 1.82) is 0 Å². The number of hydrogen-bond donors (Lipinski definition) is 1. The summed E-state index contributed by atoms with van der Waals surface area (Å²) >= 11 is 0. The minimum atomic E-state index is -0.664. The lowest BCUT2D eigenvalue weighted by atomic mass is 10.0. The van der Waals surface area contributed by atoms with Gasteiger partial charge in [-0.05, 0) is 32.8 Å². The van der Waals surface area contributed by atoms with Crippen molar-refractivity contribution in [3.05, 3.63) is 35.9 Å². The van der Waals surface area contributed by atoms with Crippen LogP contribution in [0.25, 0.3) is 0 Å². The summed E-state index contributed by atoms with van der Waals surface area (Å²) in [5.74, 6) is -0.636. The number of amides is 1. The van der Waals surface area contributed by atoms with Crippen LogP contribution in [0, 0.1) is 5.92 Å². The molecular formula is C18H29NO3. The van der Waals surface area contributed by atoms with Gasteiger partial charge in [0.2, 0.25) is 5.91 Å². The van der Waals surface area contributed by atoms with E-state index in [0.29, 0.717) is 6.42 Å². The second-order valence-corrected chi connectivity index (χ2v) is 6.59. The summed E-state index contributed by atoms with van der Waals surface area (Å²) in [4.78, 5) is 24.5. The predicted octanol–water partition coefficient (Wildman–Crippen LogP) is 3.35. The number of nitrogens with one attached hydrogen (secondary N) is 1. The standard InChI is InChI=1S/C18H27NO3.H2/c1-6-13(2)16(20)19-15(17(21)22-18(3,4)5)12-14-10-8-7-9-11-14;/h7-11,13,15H,6,12H2,1-5H3,(H,19,20);1H/t13?,15-;/m0./s1. The molecule has 0 spiro atoms. The number of hydrogen-bond acceptors (Lipinski definition) is 3. The van der Waals surface area contributed by atoms with E-state index in [1.807, 2.05) is 65.0 Å². The fourth-order valence-electron chi connectivity index (χ4n) is 1.92. The Hall–Kier alpha value is -1.84. The first-order valence-corrected chi connectivity index (χ1v) is 7.80. The second-order valence-electron chi connectivity index (χ2n) is 6.59. The van der Waals surface area contributed by atoms with Crippen molar-refractivity contribution in [2.75, 3.05) is 0 Å². The summed E-state index contributed by atoms with van der Waals surface area (Å²) in [6.07, 6.45) is 1.16. The molecule has 0 bridgehead atoms. The zero-order chi connectivity index (χ0) is 16.8. The van der Waals surface area contributed by atoms with Gasteiger partial charge in [-0.25, -0.2) is 4.79 Å². The average molecular weight is 307 g/mol. The van der Waals surface area contributed by atoms with Crippen molar-refractivity contribution in [3.8, 4) is 0 Å². The maximum Gasteiger partial charge on any atom is 0.329 e. The van der Waals surface area contributed by atoms with Crippen molar-refractivity contribution < 1.29 is 15.8 Å². The van der Waals surface area contributed by atoms with Gasteiger partial charge in [0.15, 0.2) is 0 Å². The molecule has 0 aliphatic heterocycles. The summed E-state index contributed by atoms with van der Waals surface area (Å²) in [7, 11) is 0. The van der Waals surface area contributed by atoms with Gasteiger partial charge in [0.05, 0.1) is 0 Å². The van der Waals surface area contributed by atoms with E-state index < -0.39 is 17.6 Å². The third-order valence-electron chi connectivity index (χ3n) is 3.35. The molecule has 1 amide bonds. The lowest BCUT2D eigenvalue weighted by Gasteiger charge is -2.25. The van der Waals surface area contributed by atoms with E-state index in [9.17, 15) is 9.59 Å². The number of carbonyl (C=O) groups excluding carboxylic acids is 2. The first-order chi connectivity index (χ1) is 10.2. The Morgan fingerprint density at radius 3 is 2.32 bits per heavy atom. The van der Waals surface area contributed by atoms with Crippen LogP contribution in [0.1, 0.15) is 48.0 Å². The summed E-state index contributed by atoms with van der Waals surface area (Å²) in [6, 6.07) is 8.96. The molecular weight excluding hydrogens is 278 g/mol. The Morgan fingerprint density at radius 2 is 1.82 bits per heavy atom. The van der Waals surface area contributed by atoms with Crippen LogP contribution in [0.4, 0.5) is 0 Å². The van der Waals surface area contributed by atoms with Gasteiger partial charge in [-0.1, -0.05) is 44.2 Å². The van der Waals surface area contributed by atoms with Gasteiger partial charge >= 0.3 is 5.97 Å². The summed E-state index contributed by atoms with van der Waals surface area (Å²) < 4.78 is 5.43. The molecule has 1 unspecified atom stereocenters. The molecule has 4 nitrogen and oxygen atoms in total. The van der Waals surface area contributed by atoms with E-state index in [1.165, 1.54) is 0 Å². The number of esters is 1. The summed E-state index contributed by atoms with van der Waals surface area (Å²) in [5, 5.41) is 2.83. The lowest BCUT2D eigenvalue weighted by molar-refractivity contribution is -0.158. The van der Waals surface area contributed by atoms with Crippen molar-refractivity contribution in [3.63, 3.8) is 0 Å². The Labute approximate surface area is 134 Å². The molecule has 0 aliphatic rings. The van der Waals surface area contributed by atoms with Crippen molar-refractivity contribution in [2.45, 2.75) is 59.1 Å². The normalized spacial score (nSPS) is 14.0. The average Bonchev–Trinajstić information content (AvgIpc) is 2.44. The van der Waals surface area contributed by atoms with E-state index in [1.54, 1.807) is 0 Å². The van der Waals surface area contributed by atoms with Crippen molar-refractivity contribution >= 4 is 11.9 Å². The Morgan fingerprint density at radius 1 is 1.23 bits per heavy atom. The molecule has 22 heavy (non-hydrogen) atoms. The fourth-order valence-corrected chi connectivity index (χ4v) is 1.92. The highest BCUT2D eigenvalue weighted by Gasteiger charge is 2.27. The van der Waals surface area contributed by atoms with Crippen LogP contribution in [0.5, 0.6) is 0 Å². The lowest BCUT2D eigenvalue weighted by Crippen LogP contribution is -2.47. The van der Waals surface area contributed by atoms with Gasteiger partial charge in [0, 0.05) is 13.8 Å². The van der Waals surface area contributed by atoms with E-state index in [2.05, 4.69) is 5.32 Å². The summed E-state index contributed by atoms with van der Waals surface area (Å²) in [5.41, 5.74) is 0.412. The molecule has 0 saturated heterocycles. The van der Waals surface area contributed by atoms with Gasteiger partial charge in [0.25, 0.3) is 0 Å². The molecule has 1 aromatic carbocycles. The highest BCUT2D eigenvalue weighted by molar-refractivity contribution is 5.85. The van der Waals surface area contributed by atoms with Gasteiger partial charge in [0.1, 0.15) is 11.6 Å². The third kappa shape index (κ3) is 6.29. The predicted molar refractivity (Wildman–Crippen MR) is 89.5 cm³/mol. The fraction of sp³-hybridized carbons (Fsp3) is 0.556. The van der Waals surface area contributed by atoms with Gasteiger partial charge < -0.3 is 10.1 Å². The molecule has 0 radical (unpaired) electrons. The van der Waals surface area contributed by atoms with Crippen LogP contribution < -0.4 is 5.32 Å². The third-order valence-corrected chi connectivity index (χ3v) is 3.35. The first kappa shape index (κ1) is 18.2. The van der Waals surface area contributed by atoms with Gasteiger partial charge in [-0.2, -0.15) is 0 Å². The molecule has 1 aromatic rings. The molecule has 0 heterocycles. The van der Waals surface area contributed by atoms with Crippen molar-refractivity contribution in [1.82, 2.24) is 5.32 Å². The zero-order valence-corrected chi connectivity index (χ0v) is 14.2. The minimum absolute atomic E-state index is 0.